The quantitative estimate of drug-likeness (QED) is 0.171. The van der Waals surface area contributed by atoms with E-state index >= 15 is 0 Å². The largest absolute Gasteiger partial charge is 0.380 e. The van der Waals surface area contributed by atoms with Crippen LogP contribution >= 0.6 is 11.3 Å². The van der Waals surface area contributed by atoms with Crippen LogP contribution in [0.1, 0.15) is 85.8 Å². The molecule has 39 heavy (non-hydrogen) atoms. The first kappa shape index (κ1) is 29.3. The Morgan fingerprint density at radius 3 is 2.56 bits per heavy atom. The first-order valence-corrected chi connectivity index (χ1v) is 15.4. The molecular formula is C33H46N4OS. The van der Waals surface area contributed by atoms with Crippen molar-refractivity contribution in [2.75, 3.05) is 18.4 Å². The van der Waals surface area contributed by atoms with Gasteiger partial charge in [-0.1, -0.05) is 51.5 Å². The van der Waals surface area contributed by atoms with E-state index in [4.69, 9.17) is 0 Å². The highest BCUT2D eigenvalue weighted by Crippen LogP contribution is 2.30. The molecule has 1 amide bonds. The lowest BCUT2D eigenvalue weighted by molar-refractivity contribution is 0.0939. The molecule has 1 aliphatic rings. The molecule has 210 valence electrons. The number of carbonyl (C=O) groups excluding carboxylic acids is 1. The summed E-state index contributed by atoms with van der Waals surface area (Å²) < 4.78 is 0. The number of rotatable bonds is 14. The van der Waals surface area contributed by atoms with E-state index in [0.717, 1.165) is 47.9 Å². The van der Waals surface area contributed by atoms with Crippen LogP contribution in [0.25, 0.3) is 10.4 Å². The summed E-state index contributed by atoms with van der Waals surface area (Å²) in [6.45, 7) is 13.8. The van der Waals surface area contributed by atoms with Gasteiger partial charge >= 0.3 is 0 Å². The van der Waals surface area contributed by atoms with Crippen molar-refractivity contribution in [2.24, 2.45) is 5.92 Å². The van der Waals surface area contributed by atoms with Crippen LogP contribution in [-0.4, -0.2) is 31.1 Å². The Labute approximate surface area is 239 Å². The summed E-state index contributed by atoms with van der Waals surface area (Å²) in [5.41, 5.74) is 5.01. The molecule has 3 aromatic rings. The summed E-state index contributed by atoms with van der Waals surface area (Å²) in [6.07, 6.45) is 4.96. The molecule has 5 nitrogen and oxygen atoms in total. The lowest BCUT2D eigenvalue weighted by Crippen LogP contribution is -2.51. The summed E-state index contributed by atoms with van der Waals surface area (Å²) in [4.78, 5) is 15.9. The molecule has 2 unspecified atom stereocenters. The van der Waals surface area contributed by atoms with Crippen LogP contribution in [0.5, 0.6) is 0 Å². The highest BCUT2D eigenvalue weighted by Gasteiger charge is 2.19. The minimum absolute atomic E-state index is 0.0376. The summed E-state index contributed by atoms with van der Waals surface area (Å²) >= 11 is 1.86. The van der Waals surface area contributed by atoms with Gasteiger partial charge in [0.25, 0.3) is 5.91 Å². The SMILES string of the molecule is CCCC(CCC(C)C)NCc1ccc(-c2cccc(C(C)NC(=O)c3cc(NC4CNC4)ccc3C)c2)s1. The molecule has 4 N–H and O–H groups in total. The minimum atomic E-state index is -0.0962. The first-order chi connectivity index (χ1) is 18.8. The lowest BCUT2D eigenvalue weighted by atomic mass is 10.0. The van der Waals surface area contributed by atoms with Crippen molar-refractivity contribution in [3.63, 3.8) is 0 Å². The van der Waals surface area contributed by atoms with Crippen molar-refractivity contribution >= 4 is 22.9 Å². The molecule has 0 spiro atoms. The number of hydrogen-bond donors (Lipinski definition) is 4. The van der Waals surface area contributed by atoms with Gasteiger partial charge in [0.15, 0.2) is 0 Å². The maximum Gasteiger partial charge on any atom is 0.252 e. The van der Waals surface area contributed by atoms with Crippen LogP contribution in [0.3, 0.4) is 0 Å². The number of nitrogens with one attached hydrogen (secondary N) is 4. The Bertz CT molecular complexity index is 1220. The molecule has 0 radical (unpaired) electrons. The molecule has 0 saturated carbocycles. The van der Waals surface area contributed by atoms with E-state index in [1.807, 2.05) is 30.4 Å². The van der Waals surface area contributed by atoms with Gasteiger partial charge in [0.2, 0.25) is 0 Å². The molecule has 2 heterocycles. The van der Waals surface area contributed by atoms with Crippen LogP contribution in [0.15, 0.2) is 54.6 Å². The number of hydrogen-bond acceptors (Lipinski definition) is 5. The molecule has 2 atom stereocenters. The maximum absolute atomic E-state index is 13.2. The van der Waals surface area contributed by atoms with Crippen LogP contribution in [-0.2, 0) is 6.54 Å². The van der Waals surface area contributed by atoms with Gasteiger partial charge < -0.3 is 21.3 Å². The number of thiophene rings is 1. The summed E-state index contributed by atoms with van der Waals surface area (Å²) in [6, 6.07) is 20.0. The molecular weight excluding hydrogens is 500 g/mol. The second-order valence-electron chi connectivity index (χ2n) is 11.5. The van der Waals surface area contributed by atoms with Gasteiger partial charge in [0, 0.05) is 46.7 Å². The zero-order valence-electron chi connectivity index (χ0n) is 24.3. The van der Waals surface area contributed by atoms with E-state index < -0.39 is 0 Å². The molecule has 1 aliphatic heterocycles. The zero-order chi connectivity index (χ0) is 27.8. The van der Waals surface area contributed by atoms with Gasteiger partial charge in [-0.2, -0.15) is 0 Å². The van der Waals surface area contributed by atoms with Gasteiger partial charge in [0.1, 0.15) is 0 Å². The van der Waals surface area contributed by atoms with E-state index in [2.05, 4.69) is 91.4 Å². The molecule has 2 aromatic carbocycles. The monoisotopic (exact) mass is 546 g/mol. The fourth-order valence-electron chi connectivity index (χ4n) is 5.01. The highest BCUT2D eigenvalue weighted by molar-refractivity contribution is 7.15. The second kappa shape index (κ2) is 14.1. The molecule has 0 bridgehead atoms. The van der Waals surface area contributed by atoms with E-state index in [1.54, 1.807) is 0 Å². The third kappa shape index (κ3) is 8.41. The predicted octanol–water partition coefficient (Wildman–Crippen LogP) is 7.29. The van der Waals surface area contributed by atoms with Gasteiger partial charge in [-0.05, 0) is 86.1 Å². The van der Waals surface area contributed by atoms with Crippen molar-refractivity contribution in [3.05, 3.63) is 76.2 Å². The van der Waals surface area contributed by atoms with Crippen LogP contribution in [0.4, 0.5) is 5.69 Å². The summed E-state index contributed by atoms with van der Waals surface area (Å²) in [7, 11) is 0. The van der Waals surface area contributed by atoms with E-state index in [9.17, 15) is 4.79 Å². The third-order valence-electron chi connectivity index (χ3n) is 7.61. The normalized spacial score (nSPS) is 15.1. The van der Waals surface area contributed by atoms with Gasteiger partial charge in [0.05, 0.1) is 12.1 Å². The third-order valence-corrected chi connectivity index (χ3v) is 8.74. The minimum Gasteiger partial charge on any atom is -0.380 e. The average Bonchev–Trinajstić information content (AvgIpc) is 3.38. The van der Waals surface area contributed by atoms with Crippen LogP contribution in [0, 0.1) is 12.8 Å². The van der Waals surface area contributed by atoms with Crippen molar-refractivity contribution in [1.29, 1.82) is 0 Å². The van der Waals surface area contributed by atoms with Gasteiger partial charge in [-0.3, -0.25) is 4.79 Å². The lowest BCUT2D eigenvalue weighted by Gasteiger charge is -2.29. The number of amides is 1. The molecule has 0 aliphatic carbocycles. The summed E-state index contributed by atoms with van der Waals surface area (Å²) in [5, 5.41) is 13.8. The number of carbonyl (C=O) groups is 1. The van der Waals surface area contributed by atoms with Gasteiger partial charge in [-0.15, -0.1) is 11.3 Å². The zero-order valence-corrected chi connectivity index (χ0v) is 25.1. The molecule has 4 rings (SSSR count). The fraction of sp³-hybridized carbons (Fsp3) is 0.485. The van der Waals surface area contributed by atoms with E-state index in [1.165, 1.54) is 41.0 Å². The van der Waals surface area contributed by atoms with Crippen molar-refractivity contribution in [3.8, 4) is 10.4 Å². The Hall–Kier alpha value is -2.67. The second-order valence-corrected chi connectivity index (χ2v) is 12.6. The molecule has 1 fully saturated rings. The van der Waals surface area contributed by atoms with Crippen molar-refractivity contribution in [2.45, 2.75) is 85.0 Å². The number of aryl methyl sites for hydroxylation is 1. The first-order valence-electron chi connectivity index (χ1n) is 14.6. The maximum atomic E-state index is 13.2. The molecule has 1 saturated heterocycles. The Morgan fingerprint density at radius 1 is 1.03 bits per heavy atom. The Morgan fingerprint density at radius 2 is 1.85 bits per heavy atom. The van der Waals surface area contributed by atoms with Crippen LogP contribution < -0.4 is 21.3 Å². The Kier molecular flexibility index (Phi) is 10.6. The van der Waals surface area contributed by atoms with Gasteiger partial charge in [-0.25, -0.2) is 0 Å². The topological polar surface area (TPSA) is 65.2 Å². The molecule has 1 aromatic heterocycles. The van der Waals surface area contributed by atoms with E-state index in [-0.39, 0.29) is 11.9 Å². The number of benzene rings is 2. The smallest absolute Gasteiger partial charge is 0.252 e. The highest BCUT2D eigenvalue weighted by atomic mass is 32.1. The van der Waals surface area contributed by atoms with Crippen molar-refractivity contribution < 1.29 is 4.79 Å². The molecule has 6 heteroatoms. The van der Waals surface area contributed by atoms with Crippen molar-refractivity contribution in [1.82, 2.24) is 16.0 Å². The Balaban J connectivity index is 1.37. The average molecular weight is 547 g/mol. The predicted molar refractivity (Wildman–Crippen MR) is 167 cm³/mol. The number of anilines is 1. The van der Waals surface area contributed by atoms with E-state index in [0.29, 0.717) is 12.1 Å². The summed E-state index contributed by atoms with van der Waals surface area (Å²) in [5.74, 6) is 0.712. The van der Waals surface area contributed by atoms with Crippen LogP contribution in [0.2, 0.25) is 0 Å². The fourth-order valence-corrected chi connectivity index (χ4v) is 5.96. The standard InChI is InChI=1S/C33H46N4OS/c1-6-8-27(13-11-22(2)3)35-21-30-15-16-32(39-30)26-10-7-9-25(17-26)24(5)36-33(38)31-18-28(14-12-23(31)4)37-29-19-34-20-29/h7,9-10,12,14-18,22,24,27,29,34-35,37H,6,8,11,13,19-21H2,1-5H3,(H,36,38).